The number of hydrogen-bond donors (Lipinski definition) is 0. The van der Waals surface area contributed by atoms with Crippen LogP contribution >= 0.6 is 0 Å². The molecule has 0 spiro atoms. The molecule has 20 rings (SSSR count). The summed E-state index contributed by atoms with van der Waals surface area (Å²) in [5.41, 5.74) is 38.9. The van der Waals surface area contributed by atoms with Crippen molar-refractivity contribution in [3.8, 4) is 100 Å². The van der Waals surface area contributed by atoms with Gasteiger partial charge in [0.15, 0.2) is 0 Å². The van der Waals surface area contributed by atoms with E-state index in [1.165, 1.54) is 122 Å². The van der Waals surface area contributed by atoms with Crippen molar-refractivity contribution in [3.63, 3.8) is 0 Å². The highest BCUT2D eigenvalue weighted by Gasteiger charge is 2.39. The quantitative estimate of drug-likeness (QED) is 0.122. The molecule has 3 aliphatic rings. The van der Waals surface area contributed by atoms with Crippen LogP contribution in [0.5, 0.6) is 0 Å². The molecule has 0 fully saturated rings. The van der Waals surface area contributed by atoms with Gasteiger partial charge in [-0.05, 0) is 196 Å². The van der Waals surface area contributed by atoms with Crippen LogP contribution in [0, 0.1) is 0 Å². The first kappa shape index (κ1) is 65.7. The molecule has 0 saturated carbocycles. The lowest BCUT2D eigenvalue weighted by atomic mass is 9.81. The predicted molar refractivity (Wildman–Crippen MR) is 455 cm³/mol. The Labute approximate surface area is 633 Å². The number of benzene rings is 16. The first-order valence-corrected chi connectivity index (χ1v) is 37.8. The molecule has 1 aromatic heterocycles. The largest absolute Gasteiger partial charge is 0.455 e. The molecule has 16 aromatic carbocycles. The van der Waals surface area contributed by atoms with E-state index in [-0.39, 0.29) is 16.2 Å². The molecule has 516 valence electrons. The highest BCUT2D eigenvalue weighted by Crippen LogP contribution is 2.55. The third kappa shape index (κ3) is 11.1. The highest BCUT2D eigenvalue weighted by atomic mass is 16.3. The number of furan rings is 1. The van der Waals surface area contributed by atoms with Crippen LogP contribution < -0.4 is 9.80 Å². The number of hydrogen-bond acceptors (Lipinski definition) is 3. The standard InChI is InChI=1S/C54H43N.C51H37NO/c1-53(2)48-19-11-8-17-44(48)46-32-26-39(34-50(46)53)36-22-28-41(29-23-36)55(52-21-13-10-16-43(52)38-14-6-5-7-15-38)42-30-24-37(25-31-42)40-27-33-47-45-18-9-12-20-49(45)54(3,4)51(47)35-40;1-51(2)46-19-10-9-16-45(46)48-47(51)33-32-44-43-18-11-17-42(49(43)53-50(44)48)38-24-30-41(31-25-38)52(39-26-20-36(21-27-39)34-12-5-3-6-13-34)40-28-22-37(23-29-40)35-14-7-4-8-15-35/h5-35H,1-4H3;3-33H,1-2H3. The molecule has 17 aromatic rings. The number of anilines is 6. The van der Waals surface area contributed by atoms with Crippen LogP contribution in [-0.2, 0) is 16.2 Å². The monoisotopic (exact) mass is 1380 g/mol. The number of rotatable bonds is 12. The van der Waals surface area contributed by atoms with Gasteiger partial charge in [0.2, 0.25) is 0 Å². The normalized spacial score (nSPS) is 13.5. The lowest BCUT2D eigenvalue weighted by molar-refractivity contribution is 0.653. The summed E-state index contributed by atoms with van der Waals surface area (Å²) in [6.45, 7) is 14.0. The van der Waals surface area contributed by atoms with Gasteiger partial charge < -0.3 is 14.2 Å². The summed E-state index contributed by atoms with van der Waals surface area (Å²) in [4.78, 5) is 4.73. The van der Waals surface area contributed by atoms with Crippen molar-refractivity contribution >= 4 is 56.1 Å². The van der Waals surface area contributed by atoms with Crippen LogP contribution in [0.4, 0.5) is 34.1 Å². The van der Waals surface area contributed by atoms with Crippen LogP contribution in [0.25, 0.3) is 122 Å². The predicted octanol–water partition coefficient (Wildman–Crippen LogP) is 29.1. The van der Waals surface area contributed by atoms with E-state index in [9.17, 15) is 0 Å². The summed E-state index contributed by atoms with van der Waals surface area (Å²) >= 11 is 0. The minimum Gasteiger partial charge on any atom is -0.455 e. The van der Waals surface area contributed by atoms with E-state index in [4.69, 9.17) is 4.42 Å². The Balaban J connectivity index is 0.000000147. The van der Waals surface area contributed by atoms with E-state index >= 15 is 0 Å². The first-order valence-electron chi connectivity index (χ1n) is 37.8. The Bertz CT molecular complexity index is 6030. The Kier molecular flexibility index (Phi) is 15.9. The first-order chi connectivity index (χ1) is 52.8. The zero-order valence-corrected chi connectivity index (χ0v) is 61.6. The number of para-hydroxylation sites is 2. The van der Waals surface area contributed by atoms with Crippen molar-refractivity contribution in [2.24, 2.45) is 0 Å². The molecule has 0 unspecified atom stereocenters. The average molecular weight is 1390 g/mol. The smallest absolute Gasteiger partial charge is 0.143 e. The van der Waals surface area contributed by atoms with Crippen molar-refractivity contribution in [2.45, 2.75) is 57.8 Å². The van der Waals surface area contributed by atoms with Crippen molar-refractivity contribution in [3.05, 3.63) is 409 Å². The van der Waals surface area contributed by atoms with Crippen molar-refractivity contribution < 1.29 is 4.42 Å². The van der Waals surface area contributed by atoms with Gasteiger partial charge in [-0.15, -0.1) is 0 Å². The third-order valence-electron chi connectivity index (χ3n) is 23.4. The Morgan fingerprint density at radius 2 is 0.509 bits per heavy atom. The summed E-state index contributed by atoms with van der Waals surface area (Å²) in [7, 11) is 0. The van der Waals surface area contributed by atoms with Gasteiger partial charge in [-0.1, -0.05) is 339 Å². The number of fused-ring (bicyclic) bond motifs is 13. The van der Waals surface area contributed by atoms with Crippen LogP contribution in [0.1, 0.15) is 74.9 Å². The fourth-order valence-corrected chi connectivity index (χ4v) is 17.7. The Morgan fingerprint density at radius 1 is 0.194 bits per heavy atom. The third-order valence-corrected chi connectivity index (χ3v) is 23.4. The van der Waals surface area contributed by atoms with Crippen molar-refractivity contribution in [2.75, 3.05) is 9.80 Å². The molecule has 0 radical (unpaired) electrons. The van der Waals surface area contributed by atoms with Gasteiger partial charge in [0.1, 0.15) is 11.2 Å². The van der Waals surface area contributed by atoms with Gasteiger partial charge in [0, 0.05) is 72.1 Å². The van der Waals surface area contributed by atoms with E-state index in [0.717, 1.165) is 67.2 Å². The molecule has 0 amide bonds. The zero-order valence-electron chi connectivity index (χ0n) is 61.6. The molecule has 0 aliphatic heterocycles. The van der Waals surface area contributed by atoms with Crippen LogP contribution in [0.3, 0.4) is 0 Å². The van der Waals surface area contributed by atoms with Crippen LogP contribution in [0.2, 0.25) is 0 Å². The molecule has 108 heavy (non-hydrogen) atoms. The molecule has 0 bridgehead atoms. The minimum absolute atomic E-state index is 0.0347. The maximum atomic E-state index is 6.93. The molecular weight excluding hydrogens is 1310 g/mol. The van der Waals surface area contributed by atoms with Gasteiger partial charge in [-0.3, -0.25) is 0 Å². The Morgan fingerprint density at radius 3 is 0.981 bits per heavy atom. The van der Waals surface area contributed by atoms with Gasteiger partial charge in [-0.2, -0.15) is 0 Å². The second-order valence-corrected chi connectivity index (χ2v) is 30.7. The topological polar surface area (TPSA) is 19.6 Å². The Hall–Kier alpha value is -13.1. The lowest BCUT2D eigenvalue weighted by Gasteiger charge is -2.28. The van der Waals surface area contributed by atoms with Gasteiger partial charge in [0.05, 0.1) is 5.69 Å². The minimum atomic E-state index is -0.0760. The molecule has 3 aliphatic carbocycles. The van der Waals surface area contributed by atoms with Gasteiger partial charge >= 0.3 is 0 Å². The lowest BCUT2D eigenvalue weighted by Crippen LogP contribution is -2.14. The van der Waals surface area contributed by atoms with Crippen LogP contribution in [0.15, 0.2) is 381 Å². The fourth-order valence-electron chi connectivity index (χ4n) is 17.7. The molecule has 0 atom stereocenters. The van der Waals surface area contributed by atoms with E-state index < -0.39 is 0 Å². The molecule has 0 saturated heterocycles. The average Bonchev–Trinajstić information content (AvgIpc) is 1.56. The molecule has 3 nitrogen and oxygen atoms in total. The zero-order chi connectivity index (χ0) is 72.8. The van der Waals surface area contributed by atoms with Crippen molar-refractivity contribution in [1.29, 1.82) is 0 Å². The summed E-state index contributed by atoms with van der Waals surface area (Å²) in [6, 6.07) is 137. The van der Waals surface area contributed by atoms with E-state index in [1.54, 1.807) is 0 Å². The maximum absolute atomic E-state index is 6.93. The summed E-state index contributed by atoms with van der Waals surface area (Å²) in [5, 5.41) is 2.30. The second kappa shape index (κ2) is 26.2. The molecule has 3 heteroatoms. The van der Waals surface area contributed by atoms with E-state index in [2.05, 4.69) is 427 Å². The summed E-state index contributed by atoms with van der Waals surface area (Å²) in [5.74, 6) is 0. The molecule has 0 N–H and O–H groups in total. The summed E-state index contributed by atoms with van der Waals surface area (Å²) in [6.07, 6.45) is 0. The van der Waals surface area contributed by atoms with Crippen LogP contribution in [-0.4, -0.2) is 0 Å². The van der Waals surface area contributed by atoms with E-state index in [1.807, 2.05) is 0 Å². The van der Waals surface area contributed by atoms with Gasteiger partial charge in [0.25, 0.3) is 0 Å². The molecule has 1 heterocycles. The second-order valence-electron chi connectivity index (χ2n) is 30.7. The van der Waals surface area contributed by atoms with Crippen molar-refractivity contribution in [1.82, 2.24) is 0 Å². The fraction of sp³-hybridized carbons (Fsp3) is 0.0857. The maximum Gasteiger partial charge on any atom is 0.143 e. The molecular formula is C105H80N2O. The van der Waals surface area contributed by atoms with Gasteiger partial charge in [-0.25, -0.2) is 0 Å². The van der Waals surface area contributed by atoms with E-state index in [0.29, 0.717) is 0 Å². The number of nitrogens with zero attached hydrogens (tertiary/aromatic N) is 2. The summed E-state index contributed by atoms with van der Waals surface area (Å²) < 4.78 is 6.93. The highest BCUT2D eigenvalue weighted by molar-refractivity contribution is 6.15. The SMILES string of the molecule is CC1(C)c2ccccc2-c2c1ccc1c2oc2c(-c3ccc(N(c4ccc(-c5ccccc5)cc4)c4ccc(-c5ccccc5)cc4)cc3)cccc21.CC1(C)c2ccccc2-c2ccc(-c3ccc(N(c4ccc(-c5ccc6c(c5)C(C)(C)c5ccccc5-6)cc4)c4ccccc4-c4ccccc4)cc3)cc21.